The molecule has 4 aliphatic rings. The lowest BCUT2D eigenvalue weighted by Crippen LogP contribution is -2.29. The van der Waals surface area contributed by atoms with E-state index in [2.05, 4.69) is 34.0 Å². The number of aliphatic carboxylic acids is 1. The molecule has 0 radical (unpaired) electrons. The summed E-state index contributed by atoms with van der Waals surface area (Å²) in [6, 6.07) is 22.5. The Balaban J connectivity index is 0.890. The molecule has 4 heterocycles. The number of carboxylic acid groups (broad SMARTS) is 1. The molecule has 27 heteroatoms. The fraction of sp³-hybridized carbons (Fsp3) is 0.405. The molecule has 6 N–H and O–H groups in total. The van der Waals surface area contributed by atoms with Gasteiger partial charge in [0.05, 0.1) is 31.3 Å². The number of carboxylic acids is 1. The van der Waals surface area contributed by atoms with E-state index in [4.69, 9.17) is 0 Å². The molecule has 0 fully saturated rings. The zero-order valence-electron chi connectivity index (χ0n) is 58.3. The summed E-state index contributed by atoms with van der Waals surface area (Å²) < 4.78 is 180. The van der Waals surface area contributed by atoms with Crippen molar-refractivity contribution in [3.05, 3.63) is 166 Å². The van der Waals surface area contributed by atoms with Crippen molar-refractivity contribution in [3.63, 3.8) is 0 Å². The molecule has 101 heavy (non-hydrogen) atoms. The van der Waals surface area contributed by atoms with Gasteiger partial charge < -0.3 is 14.9 Å². The predicted octanol–water partition coefficient (Wildman–Crippen LogP) is 13.2. The van der Waals surface area contributed by atoms with Crippen molar-refractivity contribution >= 4 is 118 Å². The molecule has 6 aromatic carbocycles. The van der Waals surface area contributed by atoms with Crippen LogP contribution < -0.4 is 9.80 Å². The van der Waals surface area contributed by atoms with Crippen LogP contribution >= 0.6 is 0 Å². The van der Waals surface area contributed by atoms with Crippen LogP contribution in [0.1, 0.15) is 160 Å². The summed E-state index contributed by atoms with van der Waals surface area (Å²) in [5.41, 5.74) is 7.91. The first-order chi connectivity index (χ1) is 46.9. The van der Waals surface area contributed by atoms with Gasteiger partial charge in [0.25, 0.3) is 50.6 Å². The van der Waals surface area contributed by atoms with Crippen LogP contribution in [0.3, 0.4) is 0 Å². The van der Waals surface area contributed by atoms with Crippen LogP contribution in [0.2, 0.25) is 0 Å². The molecule has 10 rings (SSSR count). The fourth-order valence-electron chi connectivity index (χ4n) is 15.5. The van der Waals surface area contributed by atoms with Gasteiger partial charge in [-0.2, -0.15) is 51.2 Å². The van der Waals surface area contributed by atoms with Gasteiger partial charge in [-0.05, 0) is 185 Å². The smallest absolute Gasteiger partial charge is 0.303 e. The first kappa shape index (κ1) is 76.1. The summed E-state index contributed by atoms with van der Waals surface area (Å²) in [4.78, 5) is 27.4. The van der Waals surface area contributed by atoms with Gasteiger partial charge in [-0.1, -0.05) is 58.0 Å². The summed E-state index contributed by atoms with van der Waals surface area (Å²) in [5.74, 6) is -1.30. The first-order valence-corrected chi connectivity index (χ1v) is 41.0. The standard InChI is InChI=1S/C74H86N4O18S5/c1-11-75-61-35-31-53-47(2)41-51(99(88,89)90)43-55(53)69(61)73(7,8)66(75)24-19-25-67-74(9,10)70-56-44-52(100(91,92)93)46-63(101(94,95)96)54(56)32-36-62(70)78(67)38-16-12-14-21-49(79)29-27-48-28-33-59-57(42-48)71(3,4)64(77(59)39-20-40-97(82,83)84)22-18-23-65-72(5,6)58-45-50(98(85,86)87)30-34-60(58)76(65)37-17-13-15-26-68(80)81/h18-19,22-25,28,30-36,41-46H,11-17,20-21,26-27,29,37-40H2,1-10H3,(H4-2,80,81,82,83,84,85,86,87,88,89,90,91,92,93,94,95,96)/p+2. The number of nitrogens with zero attached hydrogens (tertiary/aromatic N) is 4. The molecule has 0 aromatic heterocycles. The average molecular weight is 1480 g/mol. The maximum atomic E-state index is 13.8. The minimum atomic E-state index is -5.02. The molecule has 0 saturated heterocycles. The monoisotopic (exact) mass is 1480 g/mol. The van der Waals surface area contributed by atoms with Gasteiger partial charge in [0.2, 0.25) is 11.4 Å². The molecule has 0 spiro atoms. The van der Waals surface area contributed by atoms with Crippen LogP contribution in [0.25, 0.3) is 21.5 Å². The van der Waals surface area contributed by atoms with Crippen molar-refractivity contribution in [1.29, 1.82) is 0 Å². The van der Waals surface area contributed by atoms with E-state index in [1.54, 1.807) is 19.1 Å². The van der Waals surface area contributed by atoms with Crippen molar-refractivity contribution in [2.45, 2.75) is 181 Å². The highest BCUT2D eigenvalue weighted by Gasteiger charge is 2.48. The number of aryl methyl sites for hydroxylation is 2. The molecule has 0 bridgehead atoms. The largest absolute Gasteiger partial charge is 0.481 e. The molecule has 0 atom stereocenters. The second-order valence-electron chi connectivity index (χ2n) is 28.7. The van der Waals surface area contributed by atoms with E-state index in [0.717, 1.165) is 68.0 Å². The Kier molecular flexibility index (Phi) is 21.0. The lowest BCUT2D eigenvalue weighted by Gasteiger charge is -2.27. The Morgan fingerprint density at radius 1 is 0.485 bits per heavy atom. The molecule has 0 aliphatic carbocycles. The number of unbranched alkanes of at least 4 members (excludes halogenated alkanes) is 4. The van der Waals surface area contributed by atoms with E-state index < -0.39 is 93.8 Å². The number of likely N-dealkylation sites (N-methyl/N-ethyl adjacent to an activating group) is 1. The number of allylic oxidation sites excluding steroid dienone is 8. The molecule has 540 valence electrons. The lowest BCUT2D eigenvalue weighted by atomic mass is 9.78. The number of anilines is 2. The third-order valence-electron chi connectivity index (χ3n) is 20.4. The van der Waals surface area contributed by atoms with E-state index >= 15 is 0 Å². The second kappa shape index (κ2) is 27.9. The molecule has 0 unspecified atom stereocenters. The lowest BCUT2D eigenvalue weighted by molar-refractivity contribution is -0.438. The zero-order valence-corrected chi connectivity index (χ0v) is 62.4. The summed E-state index contributed by atoms with van der Waals surface area (Å²) in [5, 5.41) is 11.0. The Bertz CT molecular complexity index is 5250. The van der Waals surface area contributed by atoms with Crippen LogP contribution in [0.5, 0.6) is 0 Å². The van der Waals surface area contributed by atoms with Crippen molar-refractivity contribution in [2.75, 3.05) is 41.7 Å². The van der Waals surface area contributed by atoms with E-state index in [1.807, 2.05) is 114 Å². The quantitative estimate of drug-likeness (QED) is 0.0151. The molecule has 0 saturated carbocycles. The minimum absolute atomic E-state index is 0.0299. The number of rotatable bonds is 28. The number of carbonyl (C=O) groups excluding carboxylic acids is 1. The predicted molar refractivity (Wildman–Crippen MR) is 390 cm³/mol. The van der Waals surface area contributed by atoms with Gasteiger partial charge in [0, 0.05) is 120 Å². The summed E-state index contributed by atoms with van der Waals surface area (Å²) >= 11 is 0. The van der Waals surface area contributed by atoms with Crippen LogP contribution in [-0.4, -0.2) is 134 Å². The Hall–Kier alpha value is -7.57. The summed E-state index contributed by atoms with van der Waals surface area (Å²) in [6.07, 6.45) is 16.2. The zero-order chi connectivity index (χ0) is 74.1. The van der Waals surface area contributed by atoms with E-state index in [9.17, 15) is 79.5 Å². The average Bonchev–Trinajstić information content (AvgIpc) is 1.61. The maximum Gasteiger partial charge on any atom is 0.303 e. The fourth-order valence-corrected chi connectivity index (χ4v) is 18.5. The number of fused-ring (bicyclic) bond motifs is 8. The third-order valence-corrected chi connectivity index (χ3v) is 24.7. The molecular weight excluding hydrogens is 1390 g/mol. The van der Waals surface area contributed by atoms with Crippen LogP contribution in [0, 0.1) is 6.92 Å². The van der Waals surface area contributed by atoms with Crippen molar-refractivity contribution in [1.82, 2.24) is 0 Å². The first-order valence-electron chi connectivity index (χ1n) is 33.6. The minimum Gasteiger partial charge on any atom is -0.481 e. The molecule has 4 aliphatic heterocycles. The summed E-state index contributed by atoms with van der Waals surface area (Å²) in [7, 11) is -23.4. The van der Waals surface area contributed by atoms with Crippen molar-refractivity contribution < 1.29 is 88.7 Å². The third kappa shape index (κ3) is 15.3. The van der Waals surface area contributed by atoms with Gasteiger partial charge in [0.1, 0.15) is 23.8 Å². The number of carbonyl (C=O) groups is 2. The molecule has 6 aromatic rings. The van der Waals surface area contributed by atoms with Crippen LogP contribution in [0.15, 0.2) is 152 Å². The SMILES string of the molecule is CCN1C(=CC=CC2=[N+](CCCCCC(=O)CCc3ccc4c(c3)C(C)(C)C(=CC=CC3=[N+](CCCCCC(=O)O)c5ccc(S(=O)(=O)O)cc5C3(C)C)N4CCCS(=O)(=O)O)c3ccc4c(S(=O)(=O)O)cc(S(=O)(=O)O)cc4c3C2(C)C)C(C)(C)c2c1ccc1c(C)cc(S(=O)(=O)O)cc21. The number of hydrogen-bond acceptors (Lipinski definition) is 14. The second-order valence-corrected chi connectivity index (χ2v) is 35.9. The van der Waals surface area contributed by atoms with Crippen LogP contribution in [-0.2, 0) is 88.3 Å². The van der Waals surface area contributed by atoms with E-state index in [0.29, 0.717) is 92.3 Å². The number of Topliss-reactive ketones (excluding diaryl/α,β-unsaturated/α-hetero) is 1. The normalized spacial score (nSPS) is 18.0. The Morgan fingerprint density at radius 3 is 1.61 bits per heavy atom. The molecule has 0 amide bonds. The van der Waals surface area contributed by atoms with Crippen LogP contribution in [0.4, 0.5) is 22.7 Å². The van der Waals surface area contributed by atoms with Gasteiger partial charge in [0.15, 0.2) is 11.4 Å². The molecule has 22 nitrogen and oxygen atoms in total. The molecular formula is C74H88N4O18S5+2. The maximum absolute atomic E-state index is 13.8. The topological polar surface area (TPSA) is 339 Å². The Morgan fingerprint density at radius 2 is 1.03 bits per heavy atom. The number of benzene rings is 6. The highest BCUT2D eigenvalue weighted by molar-refractivity contribution is 7.87. The summed E-state index contributed by atoms with van der Waals surface area (Å²) in [6.45, 7) is 21.4. The van der Waals surface area contributed by atoms with Gasteiger partial charge in [-0.25, -0.2) is 0 Å². The number of hydrogen-bond donors (Lipinski definition) is 6. The van der Waals surface area contributed by atoms with Crippen molar-refractivity contribution in [3.8, 4) is 0 Å². The number of ketones is 1. The van der Waals surface area contributed by atoms with Gasteiger partial charge in [-0.3, -0.25) is 32.4 Å². The van der Waals surface area contributed by atoms with Crippen molar-refractivity contribution in [2.24, 2.45) is 0 Å². The highest BCUT2D eigenvalue weighted by atomic mass is 32.2. The highest BCUT2D eigenvalue weighted by Crippen LogP contribution is 2.53. The van der Waals surface area contributed by atoms with E-state index in [-0.39, 0.29) is 58.6 Å². The Labute approximate surface area is 592 Å². The van der Waals surface area contributed by atoms with Gasteiger partial charge in [-0.15, -0.1) is 0 Å². The van der Waals surface area contributed by atoms with Gasteiger partial charge >= 0.3 is 5.97 Å². The van der Waals surface area contributed by atoms with E-state index in [1.165, 1.54) is 36.4 Å².